The number of aliphatic hydroxyl groups excluding tert-OH is 1. The largest absolute Gasteiger partial charge is 0.508 e. The van der Waals surface area contributed by atoms with Gasteiger partial charge in [-0.2, -0.15) is 4.68 Å². The van der Waals surface area contributed by atoms with Crippen LogP contribution >= 0.6 is 11.8 Å². The molecule has 1 aliphatic rings. The highest BCUT2D eigenvalue weighted by Crippen LogP contribution is 2.43. The van der Waals surface area contributed by atoms with E-state index in [1.165, 1.54) is 11.8 Å². The topological polar surface area (TPSA) is 149 Å². The molecule has 2 heterocycles. The molecule has 1 aliphatic heterocycles. The third kappa shape index (κ3) is 8.10. The second kappa shape index (κ2) is 15.8. The molecule has 5 aromatic carbocycles. The van der Waals surface area contributed by atoms with Crippen molar-refractivity contribution < 1.29 is 28.1 Å². The number of phenols is 1. The fourth-order valence-corrected chi connectivity index (χ4v) is 8.17. The summed E-state index contributed by atoms with van der Waals surface area (Å²) in [5.41, 5.74) is 6.02. The molecule has 0 aliphatic carbocycles. The van der Waals surface area contributed by atoms with Crippen LogP contribution in [-0.2, 0) is 32.6 Å². The Bertz CT molecular complexity index is 2220. The highest BCUT2D eigenvalue weighted by Gasteiger charge is 2.38. The van der Waals surface area contributed by atoms with Gasteiger partial charge >= 0.3 is 0 Å². The van der Waals surface area contributed by atoms with Gasteiger partial charge in [0.1, 0.15) is 5.75 Å². The zero-order valence-corrected chi connectivity index (χ0v) is 29.8. The first kappa shape index (κ1) is 35.5. The number of phenolic OH excluding ortho intramolecular Hbond substituents is 1. The Morgan fingerprint density at radius 2 is 1.54 bits per heavy atom. The summed E-state index contributed by atoms with van der Waals surface area (Å²) in [5.74, 6) is 0.634. The number of aliphatic hydroxyl groups is 1. The van der Waals surface area contributed by atoms with Gasteiger partial charge in [0.05, 0.1) is 29.4 Å². The summed E-state index contributed by atoms with van der Waals surface area (Å²) in [4.78, 5) is 0.218. The lowest BCUT2D eigenvalue weighted by atomic mass is 9.91. The Hall–Kier alpha value is -4.89. The Labute approximate surface area is 306 Å². The number of thioether (sulfide) groups is 1. The molecule has 266 valence electrons. The highest BCUT2D eigenvalue weighted by molar-refractivity contribution is 7.99. The number of nitrogens with one attached hydrogen (secondary N) is 1. The van der Waals surface area contributed by atoms with Gasteiger partial charge in [-0.3, -0.25) is 0 Å². The van der Waals surface area contributed by atoms with E-state index in [0.29, 0.717) is 10.9 Å². The van der Waals surface area contributed by atoms with Gasteiger partial charge in [-0.15, -0.1) is 5.10 Å². The Kier molecular flexibility index (Phi) is 10.8. The van der Waals surface area contributed by atoms with Gasteiger partial charge in [-0.05, 0) is 86.8 Å². The maximum atomic E-state index is 12.8. The molecule has 6 aromatic rings. The van der Waals surface area contributed by atoms with Crippen LogP contribution in [-0.4, -0.2) is 50.7 Å². The standard InChI is InChI=1S/C39H37N5O6S2/c1-26-36(25-51-39-41-42-43-44(39)33-17-19-34(46)20-18-33)49-38(50-37(26)29-15-13-27(24-45)14-16-29)32-10-6-9-31(22-32)30-8-5-7-28(21-30)23-40-52(47,48)35-11-3-2-4-12-35/h2-22,26,36-38,40,45-46H,23-25H2,1H3/t26-,36+,37+,38+/m1/s1. The van der Waals surface area contributed by atoms with Crippen molar-refractivity contribution in [2.45, 2.75) is 48.6 Å². The molecule has 0 unspecified atom stereocenters. The zero-order chi connectivity index (χ0) is 36.1. The maximum absolute atomic E-state index is 12.8. The zero-order valence-electron chi connectivity index (χ0n) is 28.2. The lowest BCUT2D eigenvalue weighted by molar-refractivity contribution is -0.268. The van der Waals surface area contributed by atoms with Crippen LogP contribution in [0.4, 0.5) is 0 Å². The molecule has 13 heteroatoms. The Morgan fingerprint density at radius 3 is 2.29 bits per heavy atom. The molecular formula is C39H37N5O6S2. The summed E-state index contributed by atoms with van der Waals surface area (Å²) in [7, 11) is -3.66. The predicted octanol–water partition coefficient (Wildman–Crippen LogP) is 6.59. The van der Waals surface area contributed by atoms with Gasteiger partial charge < -0.3 is 19.7 Å². The molecule has 4 atom stereocenters. The van der Waals surface area contributed by atoms with Crippen LogP contribution in [0.3, 0.4) is 0 Å². The quantitative estimate of drug-likeness (QED) is 0.118. The number of hydrogen-bond donors (Lipinski definition) is 3. The monoisotopic (exact) mass is 735 g/mol. The van der Waals surface area contributed by atoms with Crippen LogP contribution in [0.2, 0.25) is 0 Å². The number of sulfonamides is 1. The molecule has 11 nitrogen and oxygen atoms in total. The fourth-order valence-electron chi connectivity index (χ4n) is 6.08. The van der Waals surface area contributed by atoms with Crippen molar-refractivity contribution in [2.24, 2.45) is 5.92 Å². The summed E-state index contributed by atoms with van der Waals surface area (Å²) >= 11 is 1.47. The Balaban J connectivity index is 1.12. The second-order valence-electron chi connectivity index (χ2n) is 12.5. The fraction of sp³-hybridized carbons (Fsp3) is 0.205. The van der Waals surface area contributed by atoms with Crippen LogP contribution in [0.5, 0.6) is 5.75 Å². The van der Waals surface area contributed by atoms with Gasteiger partial charge in [0.15, 0.2) is 6.29 Å². The molecule has 0 radical (unpaired) electrons. The average molecular weight is 736 g/mol. The van der Waals surface area contributed by atoms with Gasteiger partial charge in [0, 0.05) is 23.8 Å². The van der Waals surface area contributed by atoms with Crippen molar-refractivity contribution in [3.8, 4) is 22.6 Å². The van der Waals surface area contributed by atoms with Crippen LogP contribution in [0.1, 0.15) is 41.6 Å². The number of ether oxygens (including phenoxy) is 2. The van der Waals surface area contributed by atoms with E-state index in [4.69, 9.17) is 9.47 Å². The van der Waals surface area contributed by atoms with E-state index in [1.54, 1.807) is 59.3 Å². The third-order valence-electron chi connectivity index (χ3n) is 8.97. The molecule has 1 fully saturated rings. The maximum Gasteiger partial charge on any atom is 0.240 e. The van der Waals surface area contributed by atoms with Crippen LogP contribution in [0.25, 0.3) is 16.8 Å². The molecule has 1 aromatic heterocycles. The minimum atomic E-state index is -3.66. The van der Waals surface area contributed by atoms with Crippen LogP contribution < -0.4 is 4.72 Å². The first-order chi connectivity index (χ1) is 25.3. The summed E-state index contributed by atoms with van der Waals surface area (Å²) in [6.45, 7) is 2.20. The van der Waals surface area contributed by atoms with E-state index in [0.717, 1.165) is 39.1 Å². The molecule has 7 rings (SSSR count). The lowest BCUT2D eigenvalue weighted by Gasteiger charge is -2.41. The van der Waals surface area contributed by atoms with Crippen molar-refractivity contribution in [1.29, 1.82) is 0 Å². The smallest absolute Gasteiger partial charge is 0.240 e. The number of nitrogens with zero attached hydrogens (tertiary/aromatic N) is 4. The summed E-state index contributed by atoms with van der Waals surface area (Å²) in [5, 5.41) is 32.3. The van der Waals surface area contributed by atoms with E-state index in [1.807, 2.05) is 72.8 Å². The van der Waals surface area contributed by atoms with Gasteiger partial charge in [-0.25, -0.2) is 13.1 Å². The van der Waals surface area contributed by atoms with Crippen molar-refractivity contribution in [3.63, 3.8) is 0 Å². The second-order valence-corrected chi connectivity index (χ2v) is 15.2. The highest BCUT2D eigenvalue weighted by atomic mass is 32.2. The summed E-state index contributed by atoms with van der Waals surface area (Å²) in [6, 6.07) is 38.5. The molecule has 0 spiro atoms. The first-order valence-electron chi connectivity index (χ1n) is 16.7. The van der Waals surface area contributed by atoms with Gasteiger partial charge in [-0.1, -0.05) is 97.5 Å². The van der Waals surface area contributed by atoms with E-state index in [2.05, 4.69) is 27.2 Å². The summed E-state index contributed by atoms with van der Waals surface area (Å²) < 4.78 is 43.4. The van der Waals surface area contributed by atoms with E-state index < -0.39 is 16.3 Å². The minimum Gasteiger partial charge on any atom is -0.508 e. The van der Waals surface area contributed by atoms with Crippen LogP contribution in [0, 0.1) is 5.92 Å². The van der Waals surface area contributed by atoms with Crippen molar-refractivity contribution >= 4 is 21.8 Å². The molecular weight excluding hydrogens is 699 g/mol. The molecule has 0 saturated carbocycles. The molecule has 0 bridgehead atoms. The predicted molar refractivity (Wildman–Crippen MR) is 197 cm³/mol. The van der Waals surface area contributed by atoms with Crippen molar-refractivity contribution in [3.05, 3.63) is 150 Å². The number of aromatic hydroxyl groups is 1. The van der Waals surface area contributed by atoms with Crippen molar-refractivity contribution in [2.75, 3.05) is 5.75 Å². The molecule has 1 saturated heterocycles. The van der Waals surface area contributed by atoms with Crippen molar-refractivity contribution in [1.82, 2.24) is 24.9 Å². The molecule has 0 amide bonds. The lowest BCUT2D eigenvalue weighted by Crippen LogP contribution is -2.38. The average Bonchev–Trinajstić information content (AvgIpc) is 3.66. The molecule has 3 N–H and O–H groups in total. The number of tetrazole rings is 1. The first-order valence-corrected chi connectivity index (χ1v) is 19.2. The van der Waals surface area contributed by atoms with Gasteiger partial charge in [0.25, 0.3) is 0 Å². The van der Waals surface area contributed by atoms with E-state index in [9.17, 15) is 18.6 Å². The van der Waals surface area contributed by atoms with Crippen LogP contribution in [0.15, 0.2) is 137 Å². The van der Waals surface area contributed by atoms with Gasteiger partial charge in [0.2, 0.25) is 15.2 Å². The molecule has 52 heavy (non-hydrogen) atoms. The summed E-state index contributed by atoms with van der Waals surface area (Å²) in [6.07, 6.45) is -1.27. The number of benzene rings is 5. The SMILES string of the molecule is C[C@@H]1[C@H](CSc2nnnn2-c2ccc(O)cc2)O[C@H](c2cccc(-c3cccc(CNS(=O)(=O)c4ccccc4)c3)c2)O[C@@H]1c1ccc(CO)cc1. The number of rotatable bonds is 12. The van der Waals surface area contributed by atoms with E-state index >= 15 is 0 Å². The number of hydrogen-bond acceptors (Lipinski definition) is 10. The Morgan fingerprint density at radius 1 is 0.808 bits per heavy atom. The number of aromatic nitrogens is 4. The third-order valence-corrected chi connectivity index (χ3v) is 11.4. The van der Waals surface area contributed by atoms with E-state index in [-0.39, 0.29) is 41.9 Å². The minimum absolute atomic E-state index is 0.0466. The normalized spacial score (nSPS) is 19.0.